The molecule has 1 aromatic rings. The van der Waals surface area contributed by atoms with Crippen molar-refractivity contribution in [1.29, 1.82) is 0 Å². The van der Waals surface area contributed by atoms with Gasteiger partial charge in [-0.3, -0.25) is 0 Å². The van der Waals surface area contributed by atoms with Crippen molar-refractivity contribution in [3.63, 3.8) is 0 Å². The quantitative estimate of drug-likeness (QED) is 0.599. The number of nitrogens with two attached hydrogens (primary N) is 2. The number of thiocarbonyl (C=S) groups is 2. The van der Waals surface area contributed by atoms with E-state index in [9.17, 15) is 0 Å². The maximum Gasteiger partial charge on any atom is 0.133 e. The first-order valence-electron chi connectivity index (χ1n) is 2.91. The molecule has 0 bridgehead atoms. The van der Waals surface area contributed by atoms with Crippen LogP contribution in [0, 0.1) is 0 Å². The highest BCUT2D eigenvalue weighted by Crippen LogP contribution is 2.01. The number of hydrogen-bond donors (Lipinski definition) is 2. The van der Waals surface area contributed by atoms with Crippen LogP contribution in [-0.4, -0.2) is 25.4 Å². The van der Waals surface area contributed by atoms with Crippen molar-refractivity contribution in [2.24, 2.45) is 11.5 Å². The third-order valence-electron chi connectivity index (χ3n) is 1.14. The SMILES string of the molecule is NC(=S)c1cnnnc1C(N)=S. The monoisotopic (exact) mass is 199 g/mol. The summed E-state index contributed by atoms with van der Waals surface area (Å²) in [5.41, 5.74) is 11.5. The van der Waals surface area contributed by atoms with E-state index in [4.69, 9.17) is 35.9 Å². The number of rotatable bonds is 2. The molecule has 5 nitrogen and oxygen atoms in total. The van der Waals surface area contributed by atoms with Gasteiger partial charge in [0.15, 0.2) is 0 Å². The molecule has 0 amide bonds. The van der Waals surface area contributed by atoms with Gasteiger partial charge in [-0.15, -0.1) is 10.2 Å². The van der Waals surface area contributed by atoms with Crippen molar-refractivity contribution in [2.45, 2.75) is 0 Å². The minimum absolute atomic E-state index is 0.104. The summed E-state index contributed by atoms with van der Waals surface area (Å²) in [7, 11) is 0. The molecule has 0 aliphatic carbocycles. The third kappa shape index (κ3) is 1.69. The first-order valence-corrected chi connectivity index (χ1v) is 3.72. The van der Waals surface area contributed by atoms with E-state index in [1.165, 1.54) is 6.20 Å². The molecule has 1 rings (SSSR count). The molecule has 0 radical (unpaired) electrons. The Kier molecular flexibility index (Phi) is 2.56. The lowest BCUT2D eigenvalue weighted by Crippen LogP contribution is -2.21. The van der Waals surface area contributed by atoms with Crippen molar-refractivity contribution < 1.29 is 0 Å². The topological polar surface area (TPSA) is 90.7 Å². The average Bonchev–Trinajstić information content (AvgIpc) is 2.04. The Hall–Kier alpha value is -1.21. The van der Waals surface area contributed by atoms with Gasteiger partial charge in [-0.05, 0) is 5.21 Å². The fourth-order valence-corrected chi connectivity index (χ4v) is 0.932. The molecule has 12 heavy (non-hydrogen) atoms. The zero-order valence-electron chi connectivity index (χ0n) is 5.89. The van der Waals surface area contributed by atoms with Crippen molar-refractivity contribution in [1.82, 2.24) is 15.4 Å². The Morgan fingerprint density at radius 3 is 2.33 bits per heavy atom. The zero-order chi connectivity index (χ0) is 9.14. The Morgan fingerprint density at radius 2 is 1.92 bits per heavy atom. The van der Waals surface area contributed by atoms with Gasteiger partial charge in [0, 0.05) is 0 Å². The van der Waals surface area contributed by atoms with Gasteiger partial charge in [0.25, 0.3) is 0 Å². The number of hydrogen-bond acceptors (Lipinski definition) is 5. The van der Waals surface area contributed by atoms with E-state index in [0.29, 0.717) is 11.3 Å². The van der Waals surface area contributed by atoms with E-state index < -0.39 is 0 Å². The average molecular weight is 199 g/mol. The van der Waals surface area contributed by atoms with E-state index in [-0.39, 0.29) is 9.98 Å². The standard InChI is InChI=1S/C5H5N5S2/c6-4(11)2-1-8-10-9-3(2)5(7)12/h1H,(H2,6,11)(H2,7,12). The van der Waals surface area contributed by atoms with Gasteiger partial charge in [0.1, 0.15) is 15.7 Å². The van der Waals surface area contributed by atoms with Gasteiger partial charge in [-0.2, -0.15) is 0 Å². The summed E-state index contributed by atoms with van der Waals surface area (Å²) < 4.78 is 0. The summed E-state index contributed by atoms with van der Waals surface area (Å²) in [6.45, 7) is 0. The summed E-state index contributed by atoms with van der Waals surface area (Å²) in [6.07, 6.45) is 1.38. The van der Waals surface area contributed by atoms with Crippen LogP contribution in [0.5, 0.6) is 0 Å². The Balaban J connectivity index is 3.27. The molecule has 62 valence electrons. The highest BCUT2D eigenvalue weighted by Gasteiger charge is 2.09. The van der Waals surface area contributed by atoms with Gasteiger partial charge in [-0.1, -0.05) is 24.4 Å². The number of nitrogens with zero attached hydrogens (tertiary/aromatic N) is 3. The van der Waals surface area contributed by atoms with Crippen LogP contribution in [0.25, 0.3) is 0 Å². The normalized spacial score (nSPS) is 9.33. The van der Waals surface area contributed by atoms with Gasteiger partial charge >= 0.3 is 0 Å². The van der Waals surface area contributed by atoms with Gasteiger partial charge in [0.2, 0.25) is 0 Å². The van der Waals surface area contributed by atoms with Crippen LogP contribution in [0.3, 0.4) is 0 Å². The molecule has 0 unspecified atom stereocenters. The maximum atomic E-state index is 5.36. The summed E-state index contributed by atoms with van der Waals surface area (Å²) in [5, 5.41) is 10.5. The Bertz CT molecular complexity index is 303. The molecule has 0 atom stereocenters. The smallest absolute Gasteiger partial charge is 0.133 e. The van der Waals surface area contributed by atoms with Gasteiger partial charge in [-0.25, -0.2) is 0 Å². The second kappa shape index (κ2) is 3.46. The maximum absolute atomic E-state index is 5.36. The summed E-state index contributed by atoms with van der Waals surface area (Å²) in [4.78, 5) is 0.257. The first kappa shape index (κ1) is 8.88. The van der Waals surface area contributed by atoms with Crippen LogP contribution < -0.4 is 11.5 Å². The minimum atomic E-state index is 0.104. The molecule has 1 aromatic heterocycles. The predicted octanol–water partition coefficient (Wildman–Crippen LogP) is -0.860. The van der Waals surface area contributed by atoms with Crippen LogP contribution in [0.4, 0.5) is 0 Å². The molecule has 1 heterocycles. The fraction of sp³-hybridized carbons (Fsp3) is 0. The highest BCUT2D eigenvalue weighted by molar-refractivity contribution is 7.81. The van der Waals surface area contributed by atoms with Crippen molar-refractivity contribution in [2.75, 3.05) is 0 Å². The minimum Gasteiger partial charge on any atom is -0.389 e. The molecule has 7 heteroatoms. The summed E-state index contributed by atoms with van der Waals surface area (Å²) in [5.74, 6) is 0. The molecular weight excluding hydrogens is 194 g/mol. The second-order valence-corrected chi connectivity index (χ2v) is 2.80. The predicted molar refractivity (Wildman–Crippen MR) is 51.6 cm³/mol. The molecule has 0 fully saturated rings. The lowest BCUT2D eigenvalue weighted by Gasteiger charge is -2.01. The van der Waals surface area contributed by atoms with Gasteiger partial charge in [0.05, 0.1) is 11.8 Å². The van der Waals surface area contributed by atoms with E-state index in [0.717, 1.165) is 0 Å². The van der Waals surface area contributed by atoms with Crippen LogP contribution >= 0.6 is 24.4 Å². The molecular formula is C5H5N5S2. The van der Waals surface area contributed by atoms with Crippen molar-refractivity contribution in [3.8, 4) is 0 Å². The van der Waals surface area contributed by atoms with E-state index >= 15 is 0 Å². The van der Waals surface area contributed by atoms with Crippen LogP contribution in [0.1, 0.15) is 11.3 Å². The van der Waals surface area contributed by atoms with E-state index in [2.05, 4.69) is 15.4 Å². The fourth-order valence-electron chi connectivity index (χ4n) is 0.631. The number of aromatic nitrogens is 3. The Morgan fingerprint density at radius 1 is 1.25 bits per heavy atom. The molecule has 0 saturated carbocycles. The van der Waals surface area contributed by atoms with Gasteiger partial charge < -0.3 is 11.5 Å². The van der Waals surface area contributed by atoms with Crippen LogP contribution in [-0.2, 0) is 0 Å². The van der Waals surface area contributed by atoms with Crippen molar-refractivity contribution in [3.05, 3.63) is 17.5 Å². The Labute approximate surface area is 79.2 Å². The summed E-state index contributed by atoms with van der Waals surface area (Å²) in [6, 6.07) is 0. The van der Waals surface area contributed by atoms with Crippen LogP contribution in [0.2, 0.25) is 0 Å². The molecule has 0 spiro atoms. The molecule has 0 aromatic carbocycles. The highest BCUT2D eigenvalue weighted by atomic mass is 32.1. The van der Waals surface area contributed by atoms with E-state index in [1.54, 1.807) is 0 Å². The molecule has 0 aliphatic rings. The molecule has 0 saturated heterocycles. The largest absolute Gasteiger partial charge is 0.389 e. The molecule has 4 N–H and O–H groups in total. The van der Waals surface area contributed by atoms with E-state index in [1.807, 2.05) is 0 Å². The van der Waals surface area contributed by atoms with Crippen molar-refractivity contribution >= 4 is 34.4 Å². The second-order valence-electron chi connectivity index (χ2n) is 1.92. The molecule has 0 aliphatic heterocycles. The lowest BCUT2D eigenvalue weighted by molar-refractivity contribution is 0.855. The third-order valence-corrected chi connectivity index (χ3v) is 1.55. The first-order chi connectivity index (χ1) is 5.63. The summed E-state index contributed by atoms with van der Waals surface area (Å²) >= 11 is 9.42. The van der Waals surface area contributed by atoms with Crippen LogP contribution in [0.15, 0.2) is 6.20 Å². The lowest BCUT2D eigenvalue weighted by atomic mass is 10.2. The zero-order valence-corrected chi connectivity index (χ0v) is 7.52.